The molecule has 3 rings (SSSR count). The van der Waals surface area contributed by atoms with Gasteiger partial charge in [0.05, 0.1) is 5.52 Å². The van der Waals surface area contributed by atoms with Gasteiger partial charge in [-0.25, -0.2) is 9.97 Å². The van der Waals surface area contributed by atoms with E-state index in [4.69, 9.17) is 0 Å². The molecule has 3 nitrogen and oxygen atoms in total. The number of nitrogens with one attached hydrogen (secondary N) is 1. The smallest absolute Gasteiger partial charge is 0.223 e. The average molecular weight is 292 g/mol. The van der Waals surface area contributed by atoms with Gasteiger partial charge >= 0.3 is 0 Å². The molecule has 0 spiro atoms. The summed E-state index contributed by atoms with van der Waals surface area (Å²) in [6, 6.07) is 6.04. The molecular formula is C13H14BrN3. The lowest BCUT2D eigenvalue weighted by atomic mass is 10.2. The monoisotopic (exact) mass is 291 g/mol. The van der Waals surface area contributed by atoms with Gasteiger partial charge in [-0.3, -0.25) is 0 Å². The first-order valence-electron chi connectivity index (χ1n) is 5.97. The Morgan fingerprint density at radius 3 is 3.06 bits per heavy atom. The van der Waals surface area contributed by atoms with Gasteiger partial charge in [0.15, 0.2) is 0 Å². The molecule has 1 aromatic carbocycles. The number of benzene rings is 1. The van der Waals surface area contributed by atoms with Gasteiger partial charge in [0.2, 0.25) is 5.95 Å². The second kappa shape index (κ2) is 4.61. The van der Waals surface area contributed by atoms with E-state index in [0.717, 1.165) is 33.8 Å². The van der Waals surface area contributed by atoms with E-state index in [1.54, 1.807) is 0 Å². The van der Waals surface area contributed by atoms with Gasteiger partial charge in [-0.1, -0.05) is 28.8 Å². The first-order valence-corrected chi connectivity index (χ1v) is 6.77. The SMILES string of the molecule is Brc1ccc2nc(NCCC3CC3)ncc2c1. The van der Waals surface area contributed by atoms with Crippen molar-refractivity contribution in [2.75, 3.05) is 11.9 Å². The van der Waals surface area contributed by atoms with Crippen molar-refractivity contribution in [3.63, 3.8) is 0 Å². The Hall–Kier alpha value is -1.16. The van der Waals surface area contributed by atoms with Crippen LogP contribution in [-0.2, 0) is 0 Å². The minimum absolute atomic E-state index is 0.737. The highest BCUT2D eigenvalue weighted by molar-refractivity contribution is 9.10. The van der Waals surface area contributed by atoms with Crippen LogP contribution in [0.4, 0.5) is 5.95 Å². The molecule has 1 saturated carbocycles. The van der Waals surface area contributed by atoms with E-state index >= 15 is 0 Å². The summed E-state index contributed by atoms with van der Waals surface area (Å²) < 4.78 is 1.06. The fraction of sp³-hybridized carbons (Fsp3) is 0.385. The van der Waals surface area contributed by atoms with Gasteiger partial charge in [-0.15, -0.1) is 0 Å². The van der Waals surface area contributed by atoms with E-state index in [1.807, 2.05) is 24.4 Å². The summed E-state index contributed by atoms with van der Waals surface area (Å²) >= 11 is 3.44. The van der Waals surface area contributed by atoms with Crippen molar-refractivity contribution in [2.45, 2.75) is 19.3 Å². The lowest BCUT2D eigenvalue weighted by Gasteiger charge is -2.05. The highest BCUT2D eigenvalue weighted by atomic mass is 79.9. The van der Waals surface area contributed by atoms with Crippen LogP contribution < -0.4 is 5.32 Å². The van der Waals surface area contributed by atoms with Crippen molar-refractivity contribution in [2.24, 2.45) is 5.92 Å². The molecule has 1 N–H and O–H groups in total. The summed E-state index contributed by atoms with van der Waals surface area (Å²) in [6.45, 7) is 0.979. The second-order valence-corrected chi connectivity index (χ2v) is 5.47. The maximum Gasteiger partial charge on any atom is 0.223 e. The standard InChI is InChI=1S/C13H14BrN3/c14-11-3-4-12-10(7-11)8-16-13(17-12)15-6-5-9-1-2-9/h3-4,7-9H,1-2,5-6H2,(H,15,16,17). The number of nitrogens with zero attached hydrogens (tertiary/aromatic N) is 2. The van der Waals surface area contributed by atoms with E-state index in [-0.39, 0.29) is 0 Å². The summed E-state index contributed by atoms with van der Waals surface area (Å²) in [7, 11) is 0. The first-order chi connectivity index (χ1) is 8.31. The summed E-state index contributed by atoms with van der Waals surface area (Å²) in [4.78, 5) is 8.81. The maximum absolute atomic E-state index is 4.49. The van der Waals surface area contributed by atoms with Crippen LogP contribution in [-0.4, -0.2) is 16.5 Å². The molecule has 4 heteroatoms. The molecule has 0 amide bonds. The number of rotatable bonds is 4. The Kier molecular flexibility index (Phi) is 2.97. The topological polar surface area (TPSA) is 37.8 Å². The summed E-state index contributed by atoms with van der Waals surface area (Å²) in [6.07, 6.45) is 5.90. The minimum Gasteiger partial charge on any atom is -0.354 e. The van der Waals surface area contributed by atoms with Crippen LogP contribution in [0.15, 0.2) is 28.9 Å². The predicted molar refractivity (Wildman–Crippen MR) is 73.1 cm³/mol. The molecule has 0 atom stereocenters. The third kappa shape index (κ3) is 2.75. The van der Waals surface area contributed by atoms with Crippen molar-refractivity contribution < 1.29 is 0 Å². The van der Waals surface area contributed by atoms with Crippen LogP contribution in [0.1, 0.15) is 19.3 Å². The van der Waals surface area contributed by atoms with E-state index in [9.17, 15) is 0 Å². The summed E-state index contributed by atoms with van der Waals surface area (Å²) in [5, 5.41) is 4.35. The van der Waals surface area contributed by atoms with E-state index in [0.29, 0.717) is 0 Å². The average Bonchev–Trinajstić information content (AvgIpc) is 3.13. The van der Waals surface area contributed by atoms with Crippen molar-refractivity contribution >= 4 is 32.8 Å². The largest absolute Gasteiger partial charge is 0.354 e. The number of anilines is 1. The Bertz CT molecular complexity index is 537. The molecule has 88 valence electrons. The zero-order valence-electron chi connectivity index (χ0n) is 9.49. The lowest BCUT2D eigenvalue weighted by Crippen LogP contribution is -2.05. The molecule has 0 bridgehead atoms. The molecule has 1 heterocycles. The Morgan fingerprint density at radius 1 is 1.35 bits per heavy atom. The van der Waals surface area contributed by atoms with Gasteiger partial charge in [0.25, 0.3) is 0 Å². The molecule has 2 aromatic rings. The minimum atomic E-state index is 0.737. The zero-order chi connectivity index (χ0) is 11.7. The number of hydrogen-bond donors (Lipinski definition) is 1. The second-order valence-electron chi connectivity index (χ2n) is 4.56. The molecule has 0 unspecified atom stereocenters. The van der Waals surface area contributed by atoms with Crippen molar-refractivity contribution in [3.05, 3.63) is 28.9 Å². The van der Waals surface area contributed by atoms with Gasteiger partial charge in [-0.2, -0.15) is 0 Å². The van der Waals surface area contributed by atoms with E-state index < -0.39 is 0 Å². The number of halogens is 1. The van der Waals surface area contributed by atoms with Crippen LogP contribution in [0.25, 0.3) is 10.9 Å². The molecule has 17 heavy (non-hydrogen) atoms. The Balaban J connectivity index is 1.73. The molecule has 1 aliphatic carbocycles. The lowest BCUT2D eigenvalue weighted by molar-refractivity contribution is 0.756. The first kappa shape index (κ1) is 11.0. The number of hydrogen-bond acceptors (Lipinski definition) is 3. The van der Waals surface area contributed by atoms with Crippen LogP contribution in [0.3, 0.4) is 0 Å². The van der Waals surface area contributed by atoms with Crippen LogP contribution in [0.2, 0.25) is 0 Å². The molecule has 0 radical (unpaired) electrons. The van der Waals surface area contributed by atoms with Gasteiger partial charge in [-0.05, 0) is 30.5 Å². The molecular weight excluding hydrogens is 278 g/mol. The molecule has 1 fully saturated rings. The van der Waals surface area contributed by atoms with Crippen LogP contribution >= 0.6 is 15.9 Å². The third-order valence-electron chi connectivity index (χ3n) is 3.07. The number of aromatic nitrogens is 2. The summed E-state index contributed by atoms with van der Waals surface area (Å²) in [5.41, 5.74) is 0.983. The molecule has 0 saturated heterocycles. The van der Waals surface area contributed by atoms with Crippen LogP contribution in [0, 0.1) is 5.92 Å². The van der Waals surface area contributed by atoms with Gasteiger partial charge in [0.1, 0.15) is 0 Å². The van der Waals surface area contributed by atoms with Crippen molar-refractivity contribution in [1.29, 1.82) is 0 Å². The van der Waals surface area contributed by atoms with E-state index in [2.05, 4.69) is 31.2 Å². The summed E-state index contributed by atoms with van der Waals surface area (Å²) in [5.74, 6) is 1.68. The third-order valence-corrected chi connectivity index (χ3v) is 3.57. The predicted octanol–water partition coefficient (Wildman–Crippen LogP) is 3.60. The number of fused-ring (bicyclic) bond motifs is 1. The maximum atomic E-state index is 4.49. The molecule has 0 aliphatic heterocycles. The normalized spacial score (nSPS) is 15.1. The fourth-order valence-corrected chi connectivity index (χ4v) is 2.26. The van der Waals surface area contributed by atoms with Crippen LogP contribution in [0.5, 0.6) is 0 Å². The molecule has 1 aliphatic rings. The highest BCUT2D eigenvalue weighted by Crippen LogP contribution is 2.32. The zero-order valence-corrected chi connectivity index (χ0v) is 11.1. The van der Waals surface area contributed by atoms with Gasteiger partial charge in [0, 0.05) is 22.6 Å². The Morgan fingerprint density at radius 2 is 2.24 bits per heavy atom. The molecule has 1 aromatic heterocycles. The van der Waals surface area contributed by atoms with E-state index in [1.165, 1.54) is 19.3 Å². The quantitative estimate of drug-likeness (QED) is 0.935. The van der Waals surface area contributed by atoms with Gasteiger partial charge < -0.3 is 5.32 Å². The van der Waals surface area contributed by atoms with Crippen molar-refractivity contribution in [3.8, 4) is 0 Å². The Labute approximate surface area is 109 Å². The fourth-order valence-electron chi connectivity index (χ4n) is 1.88. The van der Waals surface area contributed by atoms with Crippen molar-refractivity contribution in [1.82, 2.24) is 9.97 Å². The highest BCUT2D eigenvalue weighted by Gasteiger charge is 2.20.